The molecule has 23 heavy (non-hydrogen) atoms. The molecule has 0 radical (unpaired) electrons. The monoisotopic (exact) mass is 317 g/mol. The zero-order valence-corrected chi connectivity index (χ0v) is 13.5. The van der Waals surface area contributed by atoms with Crippen LogP contribution in [0.15, 0.2) is 24.4 Å². The van der Waals surface area contributed by atoms with E-state index in [1.165, 1.54) is 7.11 Å². The molecule has 1 N–H and O–H groups in total. The topological polar surface area (TPSA) is 84.8 Å². The summed E-state index contributed by atoms with van der Waals surface area (Å²) >= 11 is 0. The Morgan fingerprint density at radius 2 is 2.00 bits per heavy atom. The SMILES string of the molecule is COc1cccc(N(Cc2ncc(C)c(OC)c2C)C(=O)O)n1. The van der Waals surface area contributed by atoms with E-state index in [0.717, 1.165) is 16.0 Å². The van der Waals surface area contributed by atoms with Crippen molar-refractivity contribution in [3.63, 3.8) is 0 Å². The molecule has 0 aliphatic rings. The molecule has 0 fully saturated rings. The van der Waals surface area contributed by atoms with Gasteiger partial charge in [-0.1, -0.05) is 6.07 Å². The molecule has 2 heterocycles. The van der Waals surface area contributed by atoms with Crippen molar-refractivity contribution in [2.24, 2.45) is 0 Å². The molecule has 0 aliphatic carbocycles. The molecule has 0 saturated heterocycles. The maximum atomic E-state index is 11.6. The van der Waals surface area contributed by atoms with Gasteiger partial charge in [-0.15, -0.1) is 0 Å². The van der Waals surface area contributed by atoms with Crippen LogP contribution in [0.1, 0.15) is 16.8 Å². The van der Waals surface area contributed by atoms with Crippen LogP contribution in [-0.4, -0.2) is 35.4 Å². The Bertz CT molecular complexity index is 718. The molecule has 0 aliphatic heterocycles. The number of methoxy groups -OCH3 is 2. The van der Waals surface area contributed by atoms with Crippen molar-refractivity contribution in [2.45, 2.75) is 20.4 Å². The third-order valence-electron chi connectivity index (χ3n) is 3.48. The van der Waals surface area contributed by atoms with Crippen molar-refractivity contribution in [3.05, 3.63) is 41.2 Å². The normalized spacial score (nSPS) is 10.3. The molecule has 2 aromatic heterocycles. The van der Waals surface area contributed by atoms with E-state index in [1.807, 2.05) is 13.8 Å². The standard InChI is InChI=1S/C16H19N3O4/c1-10-8-17-12(11(2)15(10)23-4)9-19(16(20)21)13-6-5-7-14(18-13)22-3/h5-8H,9H2,1-4H3,(H,20,21). The van der Waals surface area contributed by atoms with Crippen LogP contribution in [0.5, 0.6) is 11.6 Å². The fraction of sp³-hybridized carbons (Fsp3) is 0.312. The lowest BCUT2D eigenvalue weighted by molar-refractivity contribution is 0.201. The highest BCUT2D eigenvalue weighted by Crippen LogP contribution is 2.26. The van der Waals surface area contributed by atoms with Gasteiger partial charge < -0.3 is 14.6 Å². The molecule has 0 spiro atoms. The zero-order valence-electron chi connectivity index (χ0n) is 13.5. The van der Waals surface area contributed by atoms with Gasteiger partial charge in [0.1, 0.15) is 11.6 Å². The van der Waals surface area contributed by atoms with Gasteiger partial charge in [0.2, 0.25) is 5.88 Å². The average Bonchev–Trinajstić information content (AvgIpc) is 2.54. The number of aromatic nitrogens is 2. The average molecular weight is 317 g/mol. The third-order valence-corrected chi connectivity index (χ3v) is 3.48. The van der Waals surface area contributed by atoms with Crippen molar-refractivity contribution in [3.8, 4) is 11.6 Å². The molecule has 0 aromatic carbocycles. The van der Waals surface area contributed by atoms with Crippen molar-refractivity contribution >= 4 is 11.9 Å². The second-order valence-corrected chi connectivity index (χ2v) is 4.95. The molecular weight excluding hydrogens is 298 g/mol. The lowest BCUT2D eigenvalue weighted by Gasteiger charge is -2.20. The van der Waals surface area contributed by atoms with Crippen LogP contribution < -0.4 is 14.4 Å². The van der Waals surface area contributed by atoms with Crippen LogP contribution in [0.2, 0.25) is 0 Å². The molecule has 2 aromatic rings. The maximum Gasteiger partial charge on any atom is 0.413 e. The molecule has 122 valence electrons. The van der Waals surface area contributed by atoms with Gasteiger partial charge in [-0.05, 0) is 19.9 Å². The number of carboxylic acid groups (broad SMARTS) is 1. The van der Waals surface area contributed by atoms with Gasteiger partial charge in [0, 0.05) is 23.4 Å². The maximum absolute atomic E-state index is 11.6. The van der Waals surface area contributed by atoms with Gasteiger partial charge in [0.05, 0.1) is 26.5 Å². The number of ether oxygens (including phenoxy) is 2. The van der Waals surface area contributed by atoms with E-state index >= 15 is 0 Å². The molecule has 2 rings (SSSR count). The second-order valence-electron chi connectivity index (χ2n) is 4.95. The van der Waals surface area contributed by atoms with E-state index in [1.54, 1.807) is 31.5 Å². The highest BCUT2D eigenvalue weighted by atomic mass is 16.5. The van der Waals surface area contributed by atoms with E-state index < -0.39 is 6.09 Å². The third kappa shape index (κ3) is 3.50. The number of hydrogen-bond acceptors (Lipinski definition) is 5. The molecule has 1 amide bonds. The number of anilines is 1. The fourth-order valence-electron chi connectivity index (χ4n) is 2.29. The quantitative estimate of drug-likeness (QED) is 0.912. The number of hydrogen-bond donors (Lipinski definition) is 1. The summed E-state index contributed by atoms with van der Waals surface area (Å²) in [6, 6.07) is 4.95. The van der Waals surface area contributed by atoms with Gasteiger partial charge >= 0.3 is 6.09 Å². The minimum atomic E-state index is -1.12. The first-order valence-corrected chi connectivity index (χ1v) is 6.98. The van der Waals surface area contributed by atoms with Crippen LogP contribution in [0.3, 0.4) is 0 Å². The summed E-state index contributed by atoms with van der Waals surface area (Å²) in [6.45, 7) is 3.81. The van der Waals surface area contributed by atoms with Crippen molar-refractivity contribution in [1.29, 1.82) is 0 Å². The summed E-state index contributed by atoms with van der Waals surface area (Å²) in [5.41, 5.74) is 2.32. The summed E-state index contributed by atoms with van der Waals surface area (Å²) < 4.78 is 10.4. The van der Waals surface area contributed by atoms with Crippen LogP contribution in [0, 0.1) is 13.8 Å². The Morgan fingerprint density at radius 1 is 1.26 bits per heavy atom. The molecule has 0 atom stereocenters. The number of carbonyl (C=O) groups is 1. The molecule has 7 heteroatoms. The minimum absolute atomic E-state index is 0.0674. The largest absolute Gasteiger partial charge is 0.496 e. The lowest BCUT2D eigenvalue weighted by Crippen LogP contribution is -2.30. The van der Waals surface area contributed by atoms with Gasteiger partial charge in [0.25, 0.3) is 0 Å². The Hall–Kier alpha value is -2.83. The van der Waals surface area contributed by atoms with Gasteiger partial charge in [-0.3, -0.25) is 9.88 Å². The van der Waals surface area contributed by atoms with E-state index in [2.05, 4.69) is 9.97 Å². The van der Waals surface area contributed by atoms with Crippen molar-refractivity contribution in [2.75, 3.05) is 19.1 Å². The fourth-order valence-corrected chi connectivity index (χ4v) is 2.29. The summed E-state index contributed by atoms with van der Waals surface area (Å²) in [6.07, 6.45) is 0.548. The minimum Gasteiger partial charge on any atom is -0.496 e. The van der Waals surface area contributed by atoms with Crippen molar-refractivity contribution in [1.82, 2.24) is 9.97 Å². The molecular formula is C16H19N3O4. The van der Waals surface area contributed by atoms with Gasteiger partial charge in [-0.2, -0.15) is 4.98 Å². The van der Waals surface area contributed by atoms with Crippen LogP contribution >= 0.6 is 0 Å². The summed E-state index contributed by atoms with van der Waals surface area (Å²) in [5.74, 6) is 1.33. The predicted octanol–water partition coefficient (Wildman–Crippen LogP) is 2.80. The Morgan fingerprint density at radius 3 is 2.61 bits per heavy atom. The number of pyridine rings is 2. The predicted molar refractivity (Wildman–Crippen MR) is 85.3 cm³/mol. The number of rotatable bonds is 5. The van der Waals surface area contributed by atoms with Crippen LogP contribution in [0.4, 0.5) is 10.6 Å². The van der Waals surface area contributed by atoms with Crippen molar-refractivity contribution < 1.29 is 19.4 Å². The number of amides is 1. The van der Waals surface area contributed by atoms with Crippen LogP contribution in [-0.2, 0) is 6.54 Å². The van der Waals surface area contributed by atoms with Gasteiger partial charge in [-0.25, -0.2) is 4.79 Å². The Labute approximate surface area is 134 Å². The molecule has 0 saturated carbocycles. The van der Waals surface area contributed by atoms with E-state index in [0.29, 0.717) is 17.3 Å². The summed E-state index contributed by atoms with van der Waals surface area (Å²) in [4.78, 5) is 21.2. The Balaban J connectivity index is 2.39. The van der Waals surface area contributed by atoms with E-state index in [4.69, 9.17) is 9.47 Å². The molecule has 0 bridgehead atoms. The van der Waals surface area contributed by atoms with Gasteiger partial charge in [0.15, 0.2) is 0 Å². The highest BCUT2D eigenvalue weighted by Gasteiger charge is 2.20. The Kier molecular flexibility index (Phi) is 5.00. The number of nitrogens with zero attached hydrogens (tertiary/aromatic N) is 3. The van der Waals surface area contributed by atoms with E-state index in [-0.39, 0.29) is 12.4 Å². The molecule has 0 unspecified atom stereocenters. The first-order chi connectivity index (χ1) is 11.0. The summed E-state index contributed by atoms with van der Waals surface area (Å²) in [7, 11) is 3.06. The first-order valence-electron chi connectivity index (χ1n) is 6.98. The zero-order chi connectivity index (χ0) is 17.0. The highest BCUT2D eigenvalue weighted by molar-refractivity contribution is 5.84. The van der Waals surface area contributed by atoms with Crippen LogP contribution in [0.25, 0.3) is 0 Å². The number of aryl methyl sites for hydroxylation is 1. The molecule has 7 nitrogen and oxygen atoms in total. The smallest absolute Gasteiger partial charge is 0.413 e. The van der Waals surface area contributed by atoms with E-state index in [9.17, 15) is 9.90 Å². The first kappa shape index (κ1) is 16.5. The second kappa shape index (κ2) is 6.95. The lowest BCUT2D eigenvalue weighted by atomic mass is 10.1. The summed E-state index contributed by atoms with van der Waals surface area (Å²) in [5, 5.41) is 9.51.